The summed E-state index contributed by atoms with van der Waals surface area (Å²) in [7, 11) is 0. The Morgan fingerprint density at radius 2 is 1.44 bits per heavy atom. The van der Waals surface area contributed by atoms with Gasteiger partial charge in [0, 0.05) is 35.5 Å². The Kier molecular flexibility index (Phi) is 5.64. The highest BCUT2D eigenvalue weighted by atomic mass is 16.6. The monoisotopic (exact) mass is 459 g/mol. The molecule has 3 aromatic rings. The number of carbonyl (C=O) groups is 2. The number of aliphatic hydroxyl groups is 1. The van der Waals surface area contributed by atoms with Crippen LogP contribution in [0.4, 0.5) is 17.1 Å². The Labute approximate surface area is 192 Å². The van der Waals surface area contributed by atoms with Crippen LogP contribution in [0.2, 0.25) is 0 Å². The van der Waals surface area contributed by atoms with E-state index in [-0.39, 0.29) is 22.5 Å². The minimum absolute atomic E-state index is 0.111. The number of aryl methyl sites for hydroxylation is 1. The third-order valence-electron chi connectivity index (χ3n) is 5.50. The van der Waals surface area contributed by atoms with Crippen molar-refractivity contribution in [2.75, 3.05) is 4.90 Å². The Morgan fingerprint density at radius 3 is 1.97 bits per heavy atom. The minimum Gasteiger partial charge on any atom is -0.507 e. The highest BCUT2D eigenvalue weighted by molar-refractivity contribution is 6.51. The first-order valence-electron chi connectivity index (χ1n) is 10.1. The zero-order valence-corrected chi connectivity index (χ0v) is 17.7. The predicted octanol–water partition coefficient (Wildman–Crippen LogP) is 4.44. The largest absolute Gasteiger partial charge is 0.507 e. The lowest BCUT2D eigenvalue weighted by atomic mass is 9.95. The lowest BCUT2D eigenvalue weighted by Crippen LogP contribution is -2.29. The minimum atomic E-state index is -1.07. The summed E-state index contributed by atoms with van der Waals surface area (Å²) < 4.78 is 0. The van der Waals surface area contributed by atoms with Crippen molar-refractivity contribution < 1.29 is 24.5 Å². The fourth-order valence-corrected chi connectivity index (χ4v) is 3.87. The van der Waals surface area contributed by atoms with E-state index in [1.807, 2.05) is 13.0 Å². The van der Waals surface area contributed by atoms with E-state index in [1.54, 1.807) is 18.2 Å². The lowest BCUT2D eigenvalue weighted by molar-refractivity contribution is -0.385. The van der Waals surface area contributed by atoms with Gasteiger partial charge in [-0.2, -0.15) is 0 Å². The Morgan fingerprint density at radius 1 is 0.882 bits per heavy atom. The average Bonchev–Trinajstić information content (AvgIpc) is 3.09. The van der Waals surface area contributed by atoms with Crippen molar-refractivity contribution >= 4 is 34.5 Å². The molecule has 170 valence electrons. The molecule has 10 heteroatoms. The molecule has 1 fully saturated rings. The third kappa shape index (κ3) is 3.88. The fraction of sp³-hybridized carbons (Fsp3) is 0.0833. The number of nitro benzene ring substituents is 2. The Hall–Kier alpha value is -4.86. The summed E-state index contributed by atoms with van der Waals surface area (Å²) in [6.45, 7) is 1.82. The average molecular weight is 459 g/mol. The molecule has 1 amide bonds. The zero-order valence-electron chi connectivity index (χ0n) is 17.7. The number of aliphatic hydroxyl groups excluding tert-OH is 1. The van der Waals surface area contributed by atoms with E-state index >= 15 is 0 Å². The van der Waals surface area contributed by atoms with Crippen LogP contribution in [0.25, 0.3) is 5.76 Å². The van der Waals surface area contributed by atoms with Crippen LogP contribution in [0.1, 0.15) is 22.7 Å². The van der Waals surface area contributed by atoms with Crippen molar-refractivity contribution in [2.24, 2.45) is 0 Å². The van der Waals surface area contributed by atoms with Crippen LogP contribution >= 0.6 is 0 Å². The Balaban J connectivity index is 1.92. The number of nitrogens with zero attached hydrogens (tertiary/aromatic N) is 3. The van der Waals surface area contributed by atoms with Gasteiger partial charge in [-0.05, 0) is 54.4 Å². The molecule has 1 saturated heterocycles. The molecule has 1 heterocycles. The molecule has 1 atom stereocenters. The van der Waals surface area contributed by atoms with E-state index in [2.05, 4.69) is 0 Å². The van der Waals surface area contributed by atoms with Gasteiger partial charge in [-0.1, -0.05) is 12.1 Å². The molecule has 1 aliphatic rings. The highest BCUT2D eigenvalue weighted by Gasteiger charge is 2.47. The van der Waals surface area contributed by atoms with Crippen LogP contribution < -0.4 is 4.90 Å². The smallest absolute Gasteiger partial charge is 0.300 e. The van der Waals surface area contributed by atoms with Gasteiger partial charge in [0.2, 0.25) is 0 Å². The van der Waals surface area contributed by atoms with E-state index in [9.17, 15) is 34.9 Å². The van der Waals surface area contributed by atoms with Crippen molar-refractivity contribution in [3.63, 3.8) is 0 Å². The standard InChI is InChI=1S/C24H17N3O7/c1-14-3-2-4-19(13-14)25-21(15-5-9-17(10-6-15)26(31)32)20(23(29)24(25)30)22(28)16-7-11-18(12-8-16)27(33)34/h2-13,21,28H,1H3/t21-/m1/s1. The molecule has 3 aromatic carbocycles. The molecule has 0 radical (unpaired) electrons. The first-order chi connectivity index (χ1) is 16.2. The number of nitro groups is 2. The second-order valence-corrected chi connectivity index (χ2v) is 7.66. The van der Waals surface area contributed by atoms with E-state index in [0.717, 1.165) is 5.56 Å². The topological polar surface area (TPSA) is 144 Å². The molecule has 4 rings (SSSR count). The summed E-state index contributed by atoms with van der Waals surface area (Å²) in [5.41, 5.74) is 1.12. The van der Waals surface area contributed by atoms with E-state index < -0.39 is 33.3 Å². The molecule has 0 spiro atoms. The molecular weight excluding hydrogens is 442 g/mol. The van der Waals surface area contributed by atoms with E-state index in [1.165, 1.54) is 53.4 Å². The molecule has 34 heavy (non-hydrogen) atoms. The number of hydrogen-bond acceptors (Lipinski definition) is 7. The van der Waals surface area contributed by atoms with Gasteiger partial charge in [-0.25, -0.2) is 0 Å². The van der Waals surface area contributed by atoms with Crippen LogP contribution in [0.5, 0.6) is 0 Å². The number of anilines is 1. The van der Waals surface area contributed by atoms with Gasteiger partial charge in [0.25, 0.3) is 23.1 Å². The highest BCUT2D eigenvalue weighted by Crippen LogP contribution is 2.42. The fourth-order valence-electron chi connectivity index (χ4n) is 3.87. The van der Waals surface area contributed by atoms with E-state index in [4.69, 9.17) is 0 Å². The number of ketones is 1. The number of amides is 1. The third-order valence-corrected chi connectivity index (χ3v) is 5.50. The van der Waals surface area contributed by atoms with Gasteiger partial charge in [0.05, 0.1) is 21.5 Å². The second kappa shape index (κ2) is 8.58. The molecule has 0 unspecified atom stereocenters. The molecule has 1 N–H and O–H groups in total. The summed E-state index contributed by atoms with van der Waals surface area (Å²) in [6.07, 6.45) is 0. The summed E-state index contributed by atoms with van der Waals surface area (Å²) >= 11 is 0. The molecule has 1 aliphatic heterocycles. The number of benzene rings is 3. The predicted molar refractivity (Wildman–Crippen MR) is 122 cm³/mol. The normalized spacial score (nSPS) is 17.1. The molecule has 0 aromatic heterocycles. The molecule has 0 aliphatic carbocycles. The van der Waals surface area contributed by atoms with Gasteiger partial charge in [-0.3, -0.25) is 34.7 Å². The maximum atomic E-state index is 13.1. The number of Topliss-reactive ketones (excluding diaryl/α,β-unsaturated/α-hetero) is 1. The first-order valence-corrected chi connectivity index (χ1v) is 10.1. The van der Waals surface area contributed by atoms with E-state index in [0.29, 0.717) is 11.3 Å². The van der Waals surface area contributed by atoms with Crippen molar-refractivity contribution in [1.82, 2.24) is 0 Å². The number of non-ortho nitro benzene ring substituents is 2. The molecule has 0 saturated carbocycles. The molecule has 0 bridgehead atoms. The second-order valence-electron chi connectivity index (χ2n) is 7.66. The summed E-state index contributed by atoms with van der Waals surface area (Å²) in [4.78, 5) is 48.3. The van der Waals surface area contributed by atoms with Crippen LogP contribution in [0.3, 0.4) is 0 Å². The van der Waals surface area contributed by atoms with Gasteiger partial charge in [-0.15, -0.1) is 0 Å². The van der Waals surface area contributed by atoms with Crippen molar-refractivity contribution in [2.45, 2.75) is 13.0 Å². The summed E-state index contributed by atoms with van der Waals surface area (Å²) in [6, 6.07) is 16.0. The van der Waals surface area contributed by atoms with Gasteiger partial charge in [0.1, 0.15) is 5.76 Å². The van der Waals surface area contributed by atoms with Crippen LogP contribution in [0, 0.1) is 27.2 Å². The Bertz CT molecular complexity index is 1360. The van der Waals surface area contributed by atoms with Crippen molar-refractivity contribution in [3.8, 4) is 0 Å². The molecular formula is C24H17N3O7. The summed E-state index contributed by atoms with van der Waals surface area (Å²) in [5, 5.41) is 33.1. The number of carbonyl (C=O) groups excluding carboxylic acids is 2. The lowest BCUT2D eigenvalue weighted by Gasteiger charge is -2.25. The van der Waals surface area contributed by atoms with Gasteiger partial charge >= 0.3 is 0 Å². The van der Waals surface area contributed by atoms with Crippen LogP contribution in [-0.4, -0.2) is 26.6 Å². The first kappa shape index (κ1) is 22.3. The van der Waals surface area contributed by atoms with Crippen LogP contribution in [-0.2, 0) is 9.59 Å². The van der Waals surface area contributed by atoms with Gasteiger partial charge < -0.3 is 5.11 Å². The number of rotatable bonds is 5. The SMILES string of the molecule is Cc1cccc(N2C(=O)C(=O)C(=C(O)c3ccc([N+](=O)[O-])cc3)[C@H]2c2ccc([N+](=O)[O-])cc2)c1. The summed E-state index contributed by atoms with van der Waals surface area (Å²) in [5.74, 6) is -2.33. The van der Waals surface area contributed by atoms with Crippen LogP contribution in [0.15, 0.2) is 78.4 Å². The van der Waals surface area contributed by atoms with Crippen molar-refractivity contribution in [1.29, 1.82) is 0 Å². The molecule has 10 nitrogen and oxygen atoms in total. The maximum absolute atomic E-state index is 13.1. The zero-order chi connectivity index (χ0) is 24.6. The quantitative estimate of drug-likeness (QED) is 0.195. The number of hydrogen-bond donors (Lipinski definition) is 1. The maximum Gasteiger partial charge on any atom is 0.300 e. The van der Waals surface area contributed by atoms with Gasteiger partial charge in [0.15, 0.2) is 0 Å². The van der Waals surface area contributed by atoms with Crippen molar-refractivity contribution in [3.05, 3.63) is 115 Å².